The van der Waals surface area contributed by atoms with Crippen LogP contribution in [0, 0.1) is 5.82 Å². The van der Waals surface area contributed by atoms with Gasteiger partial charge in [0.15, 0.2) is 0 Å². The lowest BCUT2D eigenvalue weighted by Crippen LogP contribution is -2.42. The number of pyridine rings is 1. The molecule has 0 amide bonds. The molecule has 1 aromatic heterocycles. The third-order valence-electron chi connectivity index (χ3n) is 5.63. The van der Waals surface area contributed by atoms with Gasteiger partial charge < -0.3 is 10.1 Å². The number of likely N-dealkylation sites (N-methyl/N-ethyl adjacent to an activating group) is 1. The number of primary sulfonamides is 1. The highest BCUT2D eigenvalue weighted by Gasteiger charge is 2.53. The highest BCUT2D eigenvalue weighted by atomic mass is 32.2. The van der Waals surface area contributed by atoms with Crippen LogP contribution in [0.15, 0.2) is 101 Å². The fourth-order valence-electron chi connectivity index (χ4n) is 3.92. The Labute approximate surface area is 213 Å². The maximum atomic E-state index is 15.0. The molecule has 1 unspecified atom stereocenters. The molecule has 0 bridgehead atoms. The number of esters is 1. The largest absolute Gasteiger partial charge is 0.430 e. The minimum atomic E-state index is -4.56. The number of ether oxygens (including phenoxy) is 1. The molecule has 0 spiro atoms. The van der Waals surface area contributed by atoms with Gasteiger partial charge in [0.2, 0.25) is 19.9 Å². The summed E-state index contributed by atoms with van der Waals surface area (Å²) in [7, 11) is -6.94. The monoisotopic (exact) mass is 543 g/mol. The molecule has 12 heteroatoms. The van der Waals surface area contributed by atoms with Gasteiger partial charge in [0.1, 0.15) is 5.82 Å². The van der Waals surface area contributed by atoms with E-state index in [9.17, 15) is 21.6 Å². The van der Waals surface area contributed by atoms with Crippen molar-refractivity contribution in [3.05, 3.63) is 108 Å². The number of halogens is 1. The van der Waals surface area contributed by atoms with Crippen LogP contribution in [0.2, 0.25) is 0 Å². The Bertz CT molecular complexity index is 1620. The number of benzene rings is 2. The second-order valence-electron chi connectivity index (χ2n) is 8.11. The van der Waals surface area contributed by atoms with Crippen molar-refractivity contribution in [2.24, 2.45) is 5.14 Å². The molecule has 3 N–H and O–H groups in total. The number of nitrogens with two attached hydrogens (primary N) is 1. The molecule has 0 radical (unpaired) electrons. The van der Waals surface area contributed by atoms with Crippen molar-refractivity contribution in [2.75, 3.05) is 13.6 Å². The molecule has 2 aromatic carbocycles. The van der Waals surface area contributed by atoms with Gasteiger partial charge in [-0.15, -0.1) is 0 Å². The fraction of sp³-hybridized carbons (Fsp3) is 0.120. The van der Waals surface area contributed by atoms with Crippen LogP contribution >= 0.6 is 0 Å². The standard InChI is InChI=1S/C25H22FN3O6S2/c1-28-15-17-13-22(21-6-2-3-7-23(21)26)25(14-17,36(31,32)20-5-4-12-29-16-20)35-24(30)18-8-10-19(11-9-18)37(27,33)34/h2-14,16,28H,15H2,1H3,(H2,27,33,34). The van der Waals surface area contributed by atoms with Gasteiger partial charge in [-0.1, -0.05) is 18.2 Å². The Morgan fingerprint density at radius 3 is 2.32 bits per heavy atom. The zero-order chi connectivity index (χ0) is 26.8. The zero-order valence-corrected chi connectivity index (χ0v) is 21.1. The maximum absolute atomic E-state index is 15.0. The molecule has 0 aliphatic heterocycles. The lowest BCUT2D eigenvalue weighted by Gasteiger charge is -2.31. The molecule has 0 saturated carbocycles. The van der Waals surface area contributed by atoms with Gasteiger partial charge in [-0.3, -0.25) is 4.98 Å². The van der Waals surface area contributed by atoms with Gasteiger partial charge in [-0.25, -0.2) is 31.2 Å². The number of sulfonamides is 1. The molecule has 3 aromatic rings. The van der Waals surface area contributed by atoms with E-state index in [1.54, 1.807) is 7.05 Å². The molecule has 0 fully saturated rings. The Kier molecular flexibility index (Phi) is 7.11. The lowest BCUT2D eigenvalue weighted by atomic mass is 10.0. The summed E-state index contributed by atoms with van der Waals surface area (Å²) >= 11 is 0. The van der Waals surface area contributed by atoms with E-state index in [4.69, 9.17) is 9.88 Å². The highest BCUT2D eigenvalue weighted by Crippen LogP contribution is 2.46. The van der Waals surface area contributed by atoms with Crippen LogP contribution in [-0.4, -0.2) is 46.3 Å². The number of carbonyl (C=O) groups excluding carboxylic acids is 1. The van der Waals surface area contributed by atoms with Crippen molar-refractivity contribution in [3.63, 3.8) is 0 Å². The van der Waals surface area contributed by atoms with Crippen LogP contribution in [0.25, 0.3) is 5.57 Å². The zero-order valence-electron chi connectivity index (χ0n) is 19.5. The number of hydrogen-bond donors (Lipinski definition) is 2. The van der Waals surface area contributed by atoms with Crippen LogP contribution in [0.5, 0.6) is 0 Å². The molecule has 37 heavy (non-hydrogen) atoms. The number of hydrogen-bond acceptors (Lipinski definition) is 8. The van der Waals surface area contributed by atoms with Crippen molar-refractivity contribution in [1.29, 1.82) is 0 Å². The first-order chi connectivity index (χ1) is 17.5. The van der Waals surface area contributed by atoms with Crippen molar-refractivity contribution in [1.82, 2.24) is 10.3 Å². The second-order valence-corrected chi connectivity index (χ2v) is 11.8. The average Bonchev–Trinajstić information content (AvgIpc) is 3.23. The van der Waals surface area contributed by atoms with Gasteiger partial charge in [-0.05, 0) is 67.2 Å². The van der Waals surface area contributed by atoms with Crippen LogP contribution in [0.3, 0.4) is 0 Å². The van der Waals surface area contributed by atoms with E-state index in [2.05, 4.69) is 10.3 Å². The SMILES string of the molecule is CNCC1=CC(OC(=O)c2ccc(S(N)(=O)=O)cc2)(S(=O)(=O)c2cccnc2)C(c2ccccc2F)=C1. The Hall–Kier alpha value is -3.71. The molecular weight excluding hydrogens is 521 g/mol. The van der Waals surface area contributed by atoms with E-state index in [1.165, 1.54) is 54.7 Å². The quantitative estimate of drug-likeness (QED) is 0.412. The van der Waals surface area contributed by atoms with E-state index in [0.29, 0.717) is 5.57 Å². The van der Waals surface area contributed by atoms with Crippen molar-refractivity contribution >= 4 is 31.4 Å². The number of aromatic nitrogens is 1. The van der Waals surface area contributed by atoms with Crippen molar-refractivity contribution in [3.8, 4) is 0 Å². The first-order valence-corrected chi connectivity index (χ1v) is 13.9. The third-order valence-corrected chi connectivity index (χ3v) is 8.64. The molecule has 1 aliphatic rings. The normalized spacial score (nSPS) is 17.7. The number of nitrogens with one attached hydrogen (secondary N) is 1. The molecule has 1 atom stereocenters. The summed E-state index contributed by atoms with van der Waals surface area (Å²) in [5.74, 6) is -1.80. The maximum Gasteiger partial charge on any atom is 0.340 e. The van der Waals surface area contributed by atoms with Gasteiger partial charge in [-0.2, -0.15) is 0 Å². The van der Waals surface area contributed by atoms with Gasteiger partial charge in [0, 0.05) is 30.1 Å². The summed E-state index contributed by atoms with van der Waals surface area (Å²) in [4.78, 5) is 14.2. The average molecular weight is 544 g/mol. The molecule has 192 valence electrons. The number of sulfone groups is 1. The minimum absolute atomic E-state index is 0.0744. The fourth-order valence-corrected chi connectivity index (χ4v) is 6.19. The van der Waals surface area contributed by atoms with E-state index in [1.807, 2.05) is 0 Å². The van der Waals surface area contributed by atoms with Gasteiger partial charge in [0.05, 0.1) is 15.4 Å². The molecule has 1 aliphatic carbocycles. The summed E-state index contributed by atoms with van der Waals surface area (Å²) in [5, 5.41) is 8.02. The molecule has 9 nitrogen and oxygen atoms in total. The number of rotatable bonds is 8. The molecule has 0 saturated heterocycles. The predicted octanol–water partition coefficient (Wildman–Crippen LogP) is 2.44. The Morgan fingerprint density at radius 1 is 1.03 bits per heavy atom. The summed E-state index contributed by atoms with van der Waals surface area (Å²) in [6, 6.07) is 12.7. The van der Waals surface area contributed by atoms with Crippen LogP contribution < -0.4 is 10.5 Å². The summed E-state index contributed by atoms with van der Waals surface area (Å²) in [6.07, 6.45) is 5.20. The smallest absolute Gasteiger partial charge is 0.340 e. The molecule has 1 heterocycles. The van der Waals surface area contributed by atoms with Crippen LogP contribution in [-0.2, 0) is 24.6 Å². The number of carbonyl (C=O) groups is 1. The lowest BCUT2D eigenvalue weighted by molar-refractivity contribution is 0.0408. The predicted molar refractivity (Wildman–Crippen MR) is 134 cm³/mol. The molecular formula is C25H22FN3O6S2. The second kappa shape index (κ2) is 9.98. The number of nitrogens with zero attached hydrogens (tertiary/aromatic N) is 1. The topological polar surface area (TPSA) is 146 Å². The van der Waals surface area contributed by atoms with Crippen LogP contribution in [0.1, 0.15) is 15.9 Å². The van der Waals surface area contributed by atoms with Gasteiger partial charge in [0.25, 0.3) is 4.93 Å². The Balaban J connectivity index is 1.92. The Morgan fingerprint density at radius 2 is 1.73 bits per heavy atom. The highest BCUT2D eigenvalue weighted by molar-refractivity contribution is 7.93. The molecule has 4 rings (SSSR count). The van der Waals surface area contributed by atoms with E-state index in [0.717, 1.165) is 30.5 Å². The summed E-state index contributed by atoms with van der Waals surface area (Å²) in [5.41, 5.74) is 0.117. The van der Waals surface area contributed by atoms with E-state index >= 15 is 4.39 Å². The van der Waals surface area contributed by atoms with Crippen molar-refractivity contribution < 1.29 is 30.8 Å². The van der Waals surface area contributed by atoms with Gasteiger partial charge >= 0.3 is 5.97 Å². The summed E-state index contributed by atoms with van der Waals surface area (Å²) in [6.45, 7) is 0.197. The third kappa shape index (κ3) is 4.96. The van der Waals surface area contributed by atoms with Crippen molar-refractivity contribution in [2.45, 2.75) is 14.7 Å². The van der Waals surface area contributed by atoms with E-state index in [-0.39, 0.29) is 33.0 Å². The first kappa shape index (κ1) is 26.4. The van der Waals surface area contributed by atoms with Crippen LogP contribution in [0.4, 0.5) is 4.39 Å². The first-order valence-electron chi connectivity index (χ1n) is 10.8. The summed E-state index contributed by atoms with van der Waals surface area (Å²) < 4.78 is 72.1. The minimum Gasteiger partial charge on any atom is -0.430 e. The van der Waals surface area contributed by atoms with E-state index < -0.39 is 36.6 Å².